The first-order chi connectivity index (χ1) is 14.4. The van der Waals surface area contributed by atoms with Crippen LogP contribution in [-0.4, -0.2) is 35.2 Å². The molecule has 7 heteroatoms. The van der Waals surface area contributed by atoms with Gasteiger partial charge < -0.3 is 19.4 Å². The van der Waals surface area contributed by atoms with Gasteiger partial charge in [0.2, 0.25) is 0 Å². The molecule has 2 aromatic carbocycles. The zero-order chi connectivity index (χ0) is 21.7. The van der Waals surface area contributed by atoms with Crippen LogP contribution in [0.4, 0.5) is 0 Å². The number of carbonyl (C=O) groups is 1. The Kier molecular flexibility index (Phi) is 6.72. The number of amides is 1. The summed E-state index contributed by atoms with van der Waals surface area (Å²) in [6.07, 6.45) is 0.664. The molecule has 0 bridgehead atoms. The van der Waals surface area contributed by atoms with Gasteiger partial charge in [0, 0.05) is 19.2 Å². The molecule has 3 aromatic rings. The molecule has 0 aliphatic rings. The Bertz CT molecular complexity index is 1120. The fourth-order valence-corrected chi connectivity index (χ4v) is 3.29. The number of aromatic nitrogens is 2. The SMILES string of the molecule is CCOc1ccc(CCNC(=O)c2ccc3c(c2)nc(C)c(=O)n3C)cc1OCC. The Labute approximate surface area is 175 Å². The van der Waals surface area contributed by atoms with Crippen LogP contribution in [0.1, 0.15) is 35.5 Å². The highest BCUT2D eigenvalue weighted by atomic mass is 16.5. The molecule has 0 saturated carbocycles. The Morgan fingerprint density at radius 2 is 1.80 bits per heavy atom. The first-order valence-corrected chi connectivity index (χ1v) is 10.1. The lowest BCUT2D eigenvalue weighted by atomic mass is 10.1. The zero-order valence-electron chi connectivity index (χ0n) is 17.8. The lowest BCUT2D eigenvalue weighted by Gasteiger charge is -2.13. The van der Waals surface area contributed by atoms with E-state index < -0.39 is 0 Å². The van der Waals surface area contributed by atoms with Crippen molar-refractivity contribution in [1.29, 1.82) is 0 Å². The van der Waals surface area contributed by atoms with Crippen molar-refractivity contribution in [1.82, 2.24) is 14.9 Å². The number of fused-ring (bicyclic) bond motifs is 1. The minimum absolute atomic E-state index is 0.138. The molecule has 0 aliphatic carbocycles. The average Bonchev–Trinajstić information content (AvgIpc) is 2.73. The second-order valence-electron chi connectivity index (χ2n) is 6.92. The summed E-state index contributed by atoms with van der Waals surface area (Å²) in [5.74, 6) is 1.26. The van der Waals surface area contributed by atoms with Gasteiger partial charge in [0.15, 0.2) is 11.5 Å². The molecule has 3 rings (SSSR count). The molecule has 0 atom stereocenters. The average molecular weight is 409 g/mol. The van der Waals surface area contributed by atoms with Crippen LogP contribution in [0.5, 0.6) is 11.5 Å². The van der Waals surface area contributed by atoms with Crippen LogP contribution < -0.4 is 20.3 Å². The van der Waals surface area contributed by atoms with Gasteiger partial charge in [0.05, 0.1) is 24.2 Å². The number of benzene rings is 2. The molecule has 7 nitrogen and oxygen atoms in total. The van der Waals surface area contributed by atoms with E-state index in [0.717, 1.165) is 11.3 Å². The number of nitrogens with zero attached hydrogens (tertiary/aromatic N) is 2. The van der Waals surface area contributed by atoms with E-state index in [4.69, 9.17) is 9.47 Å². The van der Waals surface area contributed by atoms with Crippen LogP contribution in [-0.2, 0) is 13.5 Å². The standard InChI is InChI=1S/C23H27N3O4/c1-5-29-20-10-7-16(13-21(20)30-6-2)11-12-24-22(27)17-8-9-19-18(14-17)25-15(3)23(28)26(19)4/h7-10,13-14H,5-6,11-12H2,1-4H3,(H,24,27). The highest BCUT2D eigenvalue weighted by Crippen LogP contribution is 2.28. The summed E-state index contributed by atoms with van der Waals surface area (Å²) in [5, 5.41) is 2.94. The van der Waals surface area contributed by atoms with Gasteiger partial charge in [-0.3, -0.25) is 9.59 Å². The molecule has 1 heterocycles. The third kappa shape index (κ3) is 4.62. The maximum absolute atomic E-state index is 12.6. The number of carbonyl (C=O) groups excluding carboxylic acids is 1. The topological polar surface area (TPSA) is 82.5 Å². The monoisotopic (exact) mass is 409 g/mol. The smallest absolute Gasteiger partial charge is 0.272 e. The van der Waals surface area contributed by atoms with E-state index >= 15 is 0 Å². The molecule has 0 spiro atoms. The van der Waals surface area contributed by atoms with E-state index in [2.05, 4.69) is 10.3 Å². The summed E-state index contributed by atoms with van der Waals surface area (Å²) in [4.78, 5) is 28.9. The van der Waals surface area contributed by atoms with Gasteiger partial charge in [-0.05, 0) is 63.1 Å². The Morgan fingerprint density at radius 3 is 2.53 bits per heavy atom. The van der Waals surface area contributed by atoms with Crippen molar-refractivity contribution in [2.45, 2.75) is 27.2 Å². The normalized spacial score (nSPS) is 10.8. The summed E-state index contributed by atoms with van der Waals surface area (Å²) < 4.78 is 12.8. The van der Waals surface area contributed by atoms with Crippen LogP contribution in [0, 0.1) is 6.92 Å². The Hall–Kier alpha value is -3.35. The highest BCUT2D eigenvalue weighted by molar-refractivity contribution is 5.97. The lowest BCUT2D eigenvalue weighted by molar-refractivity contribution is 0.0954. The molecule has 158 valence electrons. The molecule has 0 saturated heterocycles. The molecule has 30 heavy (non-hydrogen) atoms. The molecule has 1 N–H and O–H groups in total. The Morgan fingerprint density at radius 1 is 1.07 bits per heavy atom. The first-order valence-electron chi connectivity index (χ1n) is 10.1. The van der Waals surface area contributed by atoms with Crippen molar-refractivity contribution in [3.8, 4) is 11.5 Å². The lowest BCUT2D eigenvalue weighted by Crippen LogP contribution is -2.26. The third-order valence-electron chi connectivity index (χ3n) is 4.81. The van der Waals surface area contributed by atoms with Gasteiger partial charge >= 0.3 is 0 Å². The van der Waals surface area contributed by atoms with Crippen LogP contribution >= 0.6 is 0 Å². The van der Waals surface area contributed by atoms with E-state index in [9.17, 15) is 9.59 Å². The third-order valence-corrected chi connectivity index (χ3v) is 4.81. The molecular formula is C23H27N3O4. The second-order valence-corrected chi connectivity index (χ2v) is 6.92. The van der Waals surface area contributed by atoms with E-state index in [1.54, 1.807) is 36.7 Å². The highest BCUT2D eigenvalue weighted by Gasteiger charge is 2.11. The van der Waals surface area contributed by atoms with Gasteiger partial charge in [-0.15, -0.1) is 0 Å². The summed E-state index contributed by atoms with van der Waals surface area (Å²) in [6.45, 7) is 7.14. The Balaban J connectivity index is 1.68. The minimum Gasteiger partial charge on any atom is -0.490 e. The summed E-state index contributed by atoms with van der Waals surface area (Å²) in [7, 11) is 1.70. The number of nitrogens with one attached hydrogen (secondary N) is 1. The van der Waals surface area contributed by atoms with Gasteiger partial charge in [-0.25, -0.2) is 4.98 Å². The van der Waals surface area contributed by atoms with Gasteiger partial charge in [0.1, 0.15) is 5.69 Å². The molecule has 0 radical (unpaired) electrons. The molecule has 0 aliphatic heterocycles. The maximum atomic E-state index is 12.6. The second kappa shape index (κ2) is 9.43. The first kappa shape index (κ1) is 21.4. The summed E-state index contributed by atoms with van der Waals surface area (Å²) in [6, 6.07) is 11.0. The molecule has 1 amide bonds. The fourth-order valence-electron chi connectivity index (χ4n) is 3.29. The van der Waals surface area contributed by atoms with Crippen molar-refractivity contribution < 1.29 is 14.3 Å². The van der Waals surface area contributed by atoms with Crippen LogP contribution in [0.2, 0.25) is 0 Å². The van der Waals surface area contributed by atoms with Gasteiger partial charge in [-0.1, -0.05) is 6.07 Å². The quantitative estimate of drug-likeness (QED) is 0.618. The molecular weight excluding hydrogens is 382 g/mol. The molecule has 0 fully saturated rings. The van der Waals surface area contributed by atoms with Crippen molar-refractivity contribution in [2.75, 3.05) is 19.8 Å². The van der Waals surface area contributed by atoms with Crippen LogP contribution in [0.25, 0.3) is 11.0 Å². The summed E-state index contributed by atoms with van der Waals surface area (Å²) in [5.41, 5.74) is 3.14. The van der Waals surface area contributed by atoms with E-state index in [1.807, 2.05) is 32.0 Å². The number of aryl methyl sites for hydroxylation is 2. The van der Waals surface area contributed by atoms with E-state index in [0.29, 0.717) is 54.2 Å². The van der Waals surface area contributed by atoms with Crippen molar-refractivity contribution >= 4 is 16.9 Å². The minimum atomic E-state index is -0.179. The van der Waals surface area contributed by atoms with E-state index in [1.165, 1.54) is 0 Å². The largest absolute Gasteiger partial charge is 0.490 e. The number of hydrogen-bond donors (Lipinski definition) is 1. The maximum Gasteiger partial charge on any atom is 0.272 e. The number of rotatable bonds is 8. The van der Waals surface area contributed by atoms with Crippen molar-refractivity contribution in [3.05, 3.63) is 63.6 Å². The van der Waals surface area contributed by atoms with Crippen molar-refractivity contribution in [3.63, 3.8) is 0 Å². The predicted molar refractivity (Wildman–Crippen MR) is 117 cm³/mol. The molecule has 0 unspecified atom stereocenters. The van der Waals surface area contributed by atoms with Gasteiger partial charge in [0.25, 0.3) is 11.5 Å². The van der Waals surface area contributed by atoms with E-state index in [-0.39, 0.29) is 11.5 Å². The van der Waals surface area contributed by atoms with Gasteiger partial charge in [-0.2, -0.15) is 0 Å². The fraction of sp³-hybridized carbons (Fsp3) is 0.348. The molecule has 1 aromatic heterocycles. The zero-order valence-corrected chi connectivity index (χ0v) is 17.8. The van der Waals surface area contributed by atoms with Crippen LogP contribution in [0.15, 0.2) is 41.2 Å². The predicted octanol–water partition coefficient (Wildman–Crippen LogP) is 3.01. The number of hydrogen-bond acceptors (Lipinski definition) is 5. The summed E-state index contributed by atoms with van der Waals surface area (Å²) >= 11 is 0. The number of ether oxygens (including phenoxy) is 2. The van der Waals surface area contributed by atoms with Crippen LogP contribution in [0.3, 0.4) is 0 Å². The van der Waals surface area contributed by atoms with Crippen molar-refractivity contribution in [2.24, 2.45) is 7.05 Å².